The normalized spacial score (nSPS) is 21.9. The average molecular weight is 349 g/mol. The summed E-state index contributed by atoms with van der Waals surface area (Å²) in [6.07, 6.45) is 3.53. The molecule has 0 saturated carbocycles. The number of ether oxygens (including phenoxy) is 2. The van der Waals surface area contributed by atoms with Gasteiger partial charge in [-0.25, -0.2) is 0 Å². The van der Waals surface area contributed by atoms with Gasteiger partial charge in [0.15, 0.2) is 5.78 Å². The van der Waals surface area contributed by atoms with E-state index in [9.17, 15) is 4.79 Å². The van der Waals surface area contributed by atoms with Gasteiger partial charge in [0.2, 0.25) is 0 Å². The minimum atomic E-state index is -0.0962. The maximum absolute atomic E-state index is 12.0. The molecule has 4 heteroatoms. The standard InChI is InChI=1S/C22H23NO3/c1-13-10-20(25-11-16-6-4-5-9-23-16)15(3)21-17(13)7-8-18-14(2)19(24)12-26-22(18)21/h4-6,9-10,18,22H,2,7-8,11-12H2,1,3H3/t18-,22?/m0/s1. The van der Waals surface area contributed by atoms with Crippen LogP contribution < -0.4 is 4.74 Å². The fourth-order valence-electron chi connectivity index (χ4n) is 4.14. The van der Waals surface area contributed by atoms with Crippen LogP contribution in [0, 0.1) is 19.8 Å². The summed E-state index contributed by atoms with van der Waals surface area (Å²) in [6, 6.07) is 7.92. The van der Waals surface area contributed by atoms with Gasteiger partial charge in [-0.1, -0.05) is 12.6 Å². The molecule has 1 aliphatic heterocycles. The molecule has 0 spiro atoms. The molecule has 4 nitrogen and oxygen atoms in total. The smallest absolute Gasteiger partial charge is 0.184 e. The number of hydrogen-bond acceptors (Lipinski definition) is 4. The number of carbonyl (C=O) groups is 1. The van der Waals surface area contributed by atoms with Crippen molar-refractivity contribution >= 4 is 5.78 Å². The highest BCUT2D eigenvalue weighted by Gasteiger charge is 2.40. The molecule has 134 valence electrons. The lowest BCUT2D eigenvalue weighted by atomic mass is 9.73. The number of aryl methyl sites for hydroxylation is 1. The average Bonchev–Trinajstić information content (AvgIpc) is 2.66. The Morgan fingerprint density at radius 3 is 2.96 bits per heavy atom. The Balaban J connectivity index is 1.68. The van der Waals surface area contributed by atoms with Gasteiger partial charge in [-0.15, -0.1) is 0 Å². The molecule has 1 aliphatic carbocycles. The van der Waals surface area contributed by atoms with E-state index in [1.807, 2.05) is 18.2 Å². The molecular weight excluding hydrogens is 326 g/mol. The molecular formula is C22H23NO3. The van der Waals surface area contributed by atoms with E-state index < -0.39 is 0 Å². The van der Waals surface area contributed by atoms with E-state index in [0.717, 1.165) is 29.8 Å². The summed E-state index contributed by atoms with van der Waals surface area (Å²) in [5, 5.41) is 0. The number of nitrogens with zero attached hydrogens (tertiary/aromatic N) is 1. The zero-order chi connectivity index (χ0) is 18.3. The Hall–Kier alpha value is -2.46. The minimum Gasteiger partial charge on any atom is -0.487 e. The highest BCUT2D eigenvalue weighted by Crippen LogP contribution is 2.47. The monoisotopic (exact) mass is 349 g/mol. The highest BCUT2D eigenvalue weighted by molar-refractivity contribution is 5.97. The molecule has 1 saturated heterocycles. The van der Waals surface area contributed by atoms with Crippen LogP contribution in [0.4, 0.5) is 0 Å². The van der Waals surface area contributed by atoms with E-state index >= 15 is 0 Å². The van der Waals surface area contributed by atoms with Gasteiger partial charge in [-0.05, 0) is 72.7 Å². The molecule has 2 heterocycles. The van der Waals surface area contributed by atoms with E-state index in [-0.39, 0.29) is 24.4 Å². The molecule has 2 aromatic rings. The molecule has 2 atom stereocenters. The summed E-state index contributed by atoms with van der Waals surface area (Å²) in [7, 11) is 0. The Labute approximate surface area is 153 Å². The lowest BCUT2D eigenvalue weighted by Gasteiger charge is -2.39. The summed E-state index contributed by atoms with van der Waals surface area (Å²) in [4.78, 5) is 16.3. The lowest BCUT2D eigenvalue weighted by molar-refractivity contribution is -0.129. The summed E-state index contributed by atoms with van der Waals surface area (Å²) >= 11 is 0. The molecule has 0 bridgehead atoms. The maximum atomic E-state index is 12.0. The molecule has 0 N–H and O–H groups in total. The fraction of sp³-hybridized carbons (Fsp3) is 0.364. The number of ketones is 1. The molecule has 4 rings (SSSR count). The Bertz CT molecular complexity index is 873. The Kier molecular flexibility index (Phi) is 4.37. The first-order valence-corrected chi connectivity index (χ1v) is 9.05. The highest BCUT2D eigenvalue weighted by atomic mass is 16.5. The zero-order valence-electron chi connectivity index (χ0n) is 15.2. The van der Waals surface area contributed by atoms with Crippen molar-refractivity contribution in [3.8, 4) is 5.75 Å². The van der Waals surface area contributed by atoms with E-state index in [1.165, 1.54) is 16.7 Å². The van der Waals surface area contributed by atoms with Crippen molar-refractivity contribution in [1.82, 2.24) is 4.98 Å². The number of pyridine rings is 1. The van der Waals surface area contributed by atoms with Gasteiger partial charge in [-0.2, -0.15) is 0 Å². The van der Waals surface area contributed by atoms with Crippen LogP contribution >= 0.6 is 0 Å². The number of hydrogen-bond donors (Lipinski definition) is 0. The van der Waals surface area contributed by atoms with Crippen molar-refractivity contribution in [2.45, 2.75) is 39.4 Å². The Morgan fingerprint density at radius 1 is 1.35 bits per heavy atom. The van der Waals surface area contributed by atoms with Crippen LogP contribution in [-0.2, 0) is 22.6 Å². The molecule has 0 radical (unpaired) electrons. The SMILES string of the molecule is C=C1C(=O)COC2c3c(C)c(OCc4ccccn4)cc(C)c3CC[C@@H]12. The maximum Gasteiger partial charge on any atom is 0.184 e. The van der Waals surface area contributed by atoms with Crippen LogP contribution in [0.1, 0.15) is 40.5 Å². The van der Waals surface area contributed by atoms with Crippen molar-refractivity contribution < 1.29 is 14.3 Å². The Morgan fingerprint density at radius 2 is 2.19 bits per heavy atom. The molecule has 1 aromatic heterocycles. The van der Waals surface area contributed by atoms with E-state index in [2.05, 4.69) is 31.5 Å². The quantitative estimate of drug-likeness (QED) is 0.785. The van der Waals surface area contributed by atoms with Crippen molar-refractivity contribution in [2.24, 2.45) is 5.92 Å². The third-order valence-corrected chi connectivity index (χ3v) is 5.58. The van der Waals surface area contributed by atoms with Gasteiger partial charge in [0, 0.05) is 12.1 Å². The van der Waals surface area contributed by atoms with Crippen LogP contribution in [0.15, 0.2) is 42.6 Å². The van der Waals surface area contributed by atoms with Crippen LogP contribution in [0.5, 0.6) is 5.75 Å². The number of fused-ring (bicyclic) bond motifs is 3. The summed E-state index contributed by atoms with van der Waals surface area (Å²) in [6.45, 7) is 8.79. The molecule has 2 aliphatic rings. The molecule has 1 aromatic carbocycles. The van der Waals surface area contributed by atoms with Gasteiger partial charge in [-0.3, -0.25) is 9.78 Å². The number of rotatable bonds is 3. The topological polar surface area (TPSA) is 48.4 Å². The summed E-state index contributed by atoms with van der Waals surface area (Å²) in [5.74, 6) is 0.971. The third-order valence-electron chi connectivity index (χ3n) is 5.58. The first-order chi connectivity index (χ1) is 12.6. The number of benzene rings is 1. The van der Waals surface area contributed by atoms with Gasteiger partial charge >= 0.3 is 0 Å². The predicted octanol–water partition coefficient (Wildman–Crippen LogP) is 4.04. The summed E-state index contributed by atoms with van der Waals surface area (Å²) < 4.78 is 12.1. The third kappa shape index (κ3) is 2.84. The number of aromatic nitrogens is 1. The van der Waals surface area contributed by atoms with Gasteiger partial charge in [0.05, 0.1) is 11.8 Å². The second-order valence-electron chi connectivity index (χ2n) is 7.14. The van der Waals surface area contributed by atoms with Crippen molar-refractivity contribution in [2.75, 3.05) is 6.61 Å². The van der Waals surface area contributed by atoms with Crippen LogP contribution in [0.25, 0.3) is 0 Å². The predicted molar refractivity (Wildman–Crippen MR) is 99.1 cm³/mol. The number of Topliss-reactive ketones (excluding diaryl/α,β-unsaturated/α-hetero) is 1. The molecule has 0 amide bonds. The minimum absolute atomic E-state index is 0.0339. The largest absolute Gasteiger partial charge is 0.487 e. The van der Waals surface area contributed by atoms with Crippen molar-refractivity contribution in [3.63, 3.8) is 0 Å². The van der Waals surface area contributed by atoms with Crippen molar-refractivity contribution in [3.05, 3.63) is 70.6 Å². The van der Waals surface area contributed by atoms with E-state index in [4.69, 9.17) is 9.47 Å². The summed E-state index contributed by atoms with van der Waals surface area (Å²) in [5.41, 5.74) is 6.43. The van der Waals surface area contributed by atoms with Crippen LogP contribution in [0.3, 0.4) is 0 Å². The first kappa shape index (κ1) is 17.0. The van der Waals surface area contributed by atoms with E-state index in [0.29, 0.717) is 12.2 Å². The number of carbonyl (C=O) groups excluding carboxylic acids is 1. The molecule has 1 fully saturated rings. The van der Waals surface area contributed by atoms with Crippen molar-refractivity contribution in [1.29, 1.82) is 0 Å². The van der Waals surface area contributed by atoms with Crippen LogP contribution in [-0.4, -0.2) is 17.4 Å². The van der Waals surface area contributed by atoms with Gasteiger partial charge in [0.25, 0.3) is 0 Å². The fourth-order valence-corrected chi connectivity index (χ4v) is 4.14. The van der Waals surface area contributed by atoms with Gasteiger partial charge in [0.1, 0.15) is 19.0 Å². The lowest BCUT2D eigenvalue weighted by Crippen LogP contribution is -2.35. The van der Waals surface area contributed by atoms with Crippen LogP contribution in [0.2, 0.25) is 0 Å². The molecule has 26 heavy (non-hydrogen) atoms. The van der Waals surface area contributed by atoms with E-state index in [1.54, 1.807) is 6.20 Å². The van der Waals surface area contributed by atoms with Gasteiger partial charge < -0.3 is 9.47 Å². The zero-order valence-corrected chi connectivity index (χ0v) is 15.2. The second-order valence-corrected chi connectivity index (χ2v) is 7.14. The second kappa shape index (κ2) is 6.69. The first-order valence-electron chi connectivity index (χ1n) is 9.05. The molecule has 1 unspecified atom stereocenters.